The van der Waals surface area contributed by atoms with Gasteiger partial charge in [-0.2, -0.15) is 0 Å². The Bertz CT molecular complexity index is 802. The summed E-state index contributed by atoms with van der Waals surface area (Å²) in [6.45, 7) is 2.43. The number of ether oxygens (including phenoxy) is 1. The van der Waals surface area contributed by atoms with Crippen LogP contribution in [0.3, 0.4) is 0 Å². The lowest BCUT2D eigenvalue weighted by Crippen LogP contribution is -2.00. The average Bonchev–Trinajstić information content (AvgIpc) is 2.49. The van der Waals surface area contributed by atoms with Gasteiger partial charge in [0, 0.05) is 18.0 Å². The van der Waals surface area contributed by atoms with Gasteiger partial charge in [0.15, 0.2) is 0 Å². The van der Waals surface area contributed by atoms with Crippen molar-refractivity contribution < 1.29 is 4.74 Å². The van der Waals surface area contributed by atoms with Gasteiger partial charge in [0.25, 0.3) is 0 Å². The van der Waals surface area contributed by atoms with E-state index >= 15 is 0 Å². The maximum atomic E-state index is 6.08. The number of halogens is 1. The highest BCUT2D eigenvalue weighted by Gasteiger charge is 2.09. The van der Waals surface area contributed by atoms with E-state index < -0.39 is 0 Å². The second-order valence-corrected chi connectivity index (χ2v) is 5.72. The molecule has 0 amide bonds. The van der Waals surface area contributed by atoms with Crippen LogP contribution < -0.4 is 10.5 Å². The monoisotopic (exact) mass is 342 g/mol. The summed E-state index contributed by atoms with van der Waals surface area (Å²) < 4.78 is 7.01. The summed E-state index contributed by atoms with van der Waals surface area (Å²) in [5.41, 5.74) is 8.60. The molecule has 0 bridgehead atoms. The van der Waals surface area contributed by atoms with Gasteiger partial charge >= 0.3 is 0 Å². The Hall–Kier alpha value is -1.91. The van der Waals surface area contributed by atoms with E-state index in [1.54, 1.807) is 0 Å². The maximum absolute atomic E-state index is 6.08. The lowest BCUT2D eigenvalue weighted by molar-refractivity contribution is 0.484. The molecule has 1 heterocycles. The van der Waals surface area contributed by atoms with E-state index in [4.69, 9.17) is 10.5 Å². The number of aromatic nitrogens is 1. The molecule has 0 atom stereocenters. The van der Waals surface area contributed by atoms with Gasteiger partial charge < -0.3 is 10.5 Å². The Morgan fingerprint density at radius 2 is 1.90 bits per heavy atom. The van der Waals surface area contributed by atoms with Crippen LogP contribution in [0.1, 0.15) is 11.3 Å². The third-order valence-corrected chi connectivity index (χ3v) is 3.87. The normalized spacial score (nSPS) is 10.8. The fourth-order valence-electron chi connectivity index (χ4n) is 2.19. The zero-order valence-corrected chi connectivity index (χ0v) is 13.2. The van der Waals surface area contributed by atoms with Gasteiger partial charge in [0.05, 0.1) is 15.7 Å². The van der Waals surface area contributed by atoms with Gasteiger partial charge in [-0.3, -0.25) is 4.98 Å². The van der Waals surface area contributed by atoms with Gasteiger partial charge in [0.1, 0.15) is 11.5 Å². The first-order valence-corrected chi connectivity index (χ1v) is 7.49. The number of hydrogen-bond acceptors (Lipinski definition) is 3. The Morgan fingerprint density at radius 1 is 1.10 bits per heavy atom. The molecule has 0 radical (unpaired) electrons. The van der Waals surface area contributed by atoms with E-state index in [1.165, 1.54) is 5.56 Å². The molecule has 0 saturated carbocycles. The summed E-state index contributed by atoms with van der Waals surface area (Å²) in [4.78, 5) is 4.52. The van der Waals surface area contributed by atoms with Crippen molar-refractivity contribution in [1.82, 2.24) is 4.98 Å². The summed E-state index contributed by atoms with van der Waals surface area (Å²) in [6.07, 6.45) is 0. The van der Waals surface area contributed by atoms with Crippen molar-refractivity contribution in [1.29, 1.82) is 0 Å². The van der Waals surface area contributed by atoms with Crippen molar-refractivity contribution in [2.45, 2.75) is 13.5 Å². The SMILES string of the molecule is Cc1ccc(Oc2cc(CN)nc3ccccc23)c(Br)c1. The molecule has 106 valence electrons. The molecular formula is C17H15BrN2O. The van der Waals surface area contributed by atoms with Gasteiger partial charge in [-0.25, -0.2) is 0 Å². The Balaban J connectivity index is 2.10. The minimum absolute atomic E-state index is 0.385. The number of benzene rings is 2. The molecule has 0 unspecified atom stereocenters. The molecule has 2 aromatic carbocycles. The highest BCUT2D eigenvalue weighted by atomic mass is 79.9. The number of nitrogens with two attached hydrogens (primary N) is 1. The molecule has 0 fully saturated rings. The van der Waals surface area contributed by atoms with Crippen molar-refractivity contribution >= 4 is 26.8 Å². The summed E-state index contributed by atoms with van der Waals surface area (Å²) in [6, 6.07) is 15.8. The van der Waals surface area contributed by atoms with E-state index in [0.717, 1.165) is 32.6 Å². The molecule has 0 aliphatic carbocycles. The first kappa shape index (κ1) is 14.0. The first-order valence-electron chi connectivity index (χ1n) is 6.70. The van der Waals surface area contributed by atoms with Crippen molar-refractivity contribution in [3.8, 4) is 11.5 Å². The zero-order chi connectivity index (χ0) is 14.8. The number of hydrogen-bond donors (Lipinski definition) is 1. The van der Waals surface area contributed by atoms with Crippen LogP contribution in [0.2, 0.25) is 0 Å². The minimum atomic E-state index is 0.385. The van der Waals surface area contributed by atoms with Gasteiger partial charge in [0.2, 0.25) is 0 Å². The van der Waals surface area contributed by atoms with E-state index in [1.807, 2.05) is 55.5 Å². The summed E-state index contributed by atoms with van der Waals surface area (Å²) in [5.74, 6) is 1.55. The third-order valence-electron chi connectivity index (χ3n) is 3.25. The smallest absolute Gasteiger partial charge is 0.141 e. The van der Waals surface area contributed by atoms with E-state index in [0.29, 0.717) is 6.54 Å². The number of aryl methyl sites for hydroxylation is 1. The van der Waals surface area contributed by atoms with Crippen LogP contribution in [0.4, 0.5) is 0 Å². The summed E-state index contributed by atoms with van der Waals surface area (Å²) in [7, 11) is 0. The molecule has 3 rings (SSSR count). The lowest BCUT2D eigenvalue weighted by atomic mass is 10.1. The number of fused-ring (bicyclic) bond motifs is 1. The second-order valence-electron chi connectivity index (χ2n) is 4.87. The van der Waals surface area contributed by atoms with Crippen molar-refractivity contribution in [2.24, 2.45) is 5.73 Å². The topological polar surface area (TPSA) is 48.1 Å². The third kappa shape index (κ3) is 2.91. The fourth-order valence-corrected chi connectivity index (χ4v) is 2.77. The van der Waals surface area contributed by atoms with Crippen LogP contribution in [0.15, 0.2) is 53.0 Å². The standard InChI is InChI=1S/C17H15BrN2O/c1-11-6-7-16(14(18)8-11)21-17-9-12(10-19)20-15-5-3-2-4-13(15)17/h2-9H,10,19H2,1H3. The van der Waals surface area contributed by atoms with Crippen LogP contribution in [0, 0.1) is 6.92 Å². The molecule has 2 N–H and O–H groups in total. The number of nitrogens with zero attached hydrogens (tertiary/aromatic N) is 1. The van der Waals surface area contributed by atoms with Gasteiger partial charge in [-0.15, -0.1) is 0 Å². The maximum Gasteiger partial charge on any atom is 0.141 e. The highest BCUT2D eigenvalue weighted by Crippen LogP contribution is 2.34. The quantitative estimate of drug-likeness (QED) is 0.759. The molecule has 0 aliphatic heterocycles. The van der Waals surface area contributed by atoms with Crippen LogP contribution in [-0.4, -0.2) is 4.98 Å². The average molecular weight is 343 g/mol. The number of pyridine rings is 1. The predicted octanol–water partition coefficient (Wildman–Crippen LogP) is 4.56. The van der Waals surface area contributed by atoms with E-state index in [2.05, 4.69) is 20.9 Å². The number of rotatable bonds is 3. The van der Waals surface area contributed by atoms with Crippen LogP contribution >= 0.6 is 15.9 Å². The van der Waals surface area contributed by atoms with E-state index in [9.17, 15) is 0 Å². The Kier molecular flexibility index (Phi) is 3.90. The van der Waals surface area contributed by atoms with E-state index in [-0.39, 0.29) is 0 Å². The largest absolute Gasteiger partial charge is 0.455 e. The molecule has 1 aromatic heterocycles. The summed E-state index contributed by atoms with van der Waals surface area (Å²) >= 11 is 3.54. The van der Waals surface area contributed by atoms with Crippen LogP contribution in [0.25, 0.3) is 10.9 Å². The fraction of sp³-hybridized carbons (Fsp3) is 0.118. The van der Waals surface area contributed by atoms with Gasteiger partial charge in [-0.05, 0) is 52.7 Å². The molecule has 21 heavy (non-hydrogen) atoms. The Labute approximate surface area is 131 Å². The molecular weight excluding hydrogens is 328 g/mol. The van der Waals surface area contributed by atoms with Crippen molar-refractivity contribution in [2.75, 3.05) is 0 Å². The molecule has 3 nitrogen and oxygen atoms in total. The van der Waals surface area contributed by atoms with Crippen LogP contribution in [0.5, 0.6) is 11.5 Å². The predicted molar refractivity (Wildman–Crippen MR) is 88.6 cm³/mol. The number of para-hydroxylation sites is 1. The molecule has 0 aliphatic rings. The lowest BCUT2D eigenvalue weighted by Gasteiger charge is -2.12. The summed E-state index contributed by atoms with van der Waals surface area (Å²) in [5, 5.41) is 0.974. The molecule has 0 saturated heterocycles. The molecule has 3 aromatic rings. The van der Waals surface area contributed by atoms with Crippen LogP contribution in [-0.2, 0) is 6.54 Å². The zero-order valence-electron chi connectivity index (χ0n) is 11.6. The second kappa shape index (κ2) is 5.84. The Morgan fingerprint density at radius 3 is 2.67 bits per heavy atom. The highest BCUT2D eigenvalue weighted by molar-refractivity contribution is 9.10. The molecule has 0 spiro atoms. The van der Waals surface area contributed by atoms with Gasteiger partial charge in [-0.1, -0.05) is 18.2 Å². The molecule has 4 heteroatoms. The van der Waals surface area contributed by atoms with Crippen molar-refractivity contribution in [3.05, 3.63) is 64.3 Å². The van der Waals surface area contributed by atoms with Crippen molar-refractivity contribution in [3.63, 3.8) is 0 Å². The first-order chi connectivity index (χ1) is 10.2. The minimum Gasteiger partial charge on any atom is -0.455 e.